The molecule has 0 unspecified atom stereocenters. The molecule has 30 heavy (non-hydrogen) atoms. The highest BCUT2D eigenvalue weighted by Crippen LogP contribution is 2.28. The molecule has 0 heterocycles. The summed E-state index contributed by atoms with van der Waals surface area (Å²) >= 11 is 0. The summed E-state index contributed by atoms with van der Waals surface area (Å²) in [5, 5.41) is 12.7. The summed E-state index contributed by atoms with van der Waals surface area (Å²) in [6.45, 7) is 0.269. The Morgan fingerprint density at radius 1 is 1.10 bits per heavy atom. The normalized spacial score (nSPS) is 10.4. The van der Waals surface area contributed by atoms with Crippen LogP contribution in [0.5, 0.6) is 11.5 Å². The largest absolute Gasteiger partial charge is 0.493 e. The molecule has 0 radical (unpaired) electrons. The number of hydrazone groups is 1. The number of benzene rings is 3. The molecule has 0 fully saturated rings. The zero-order valence-corrected chi connectivity index (χ0v) is 16.1. The molecule has 0 atom stereocenters. The number of carbonyl (C=O) groups excluding carboxylic acids is 1. The molecule has 0 saturated heterocycles. The minimum Gasteiger partial charge on any atom is -0.493 e. The zero-order valence-electron chi connectivity index (χ0n) is 16.1. The summed E-state index contributed by atoms with van der Waals surface area (Å²) in [5.41, 5.74) is 4.83. The Labute approximate surface area is 173 Å². The molecule has 6 nitrogen and oxygen atoms in total. The van der Waals surface area contributed by atoms with Crippen LogP contribution in [0.25, 0.3) is 0 Å². The summed E-state index contributed by atoms with van der Waals surface area (Å²) in [7, 11) is 1.52. The lowest BCUT2D eigenvalue weighted by atomic mass is 10.1. The number of rotatable bonds is 7. The third-order valence-electron chi connectivity index (χ3n) is 4.15. The van der Waals surface area contributed by atoms with Crippen molar-refractivity contribution in [1.29, 1.82) is 5.26 Å². The third-order valence-corrected chi connectivity index (χ3v) is 4.15. The molecule has 7 heteroatoms. The van der Waals surface area contributed by atoms with E-state index >= 15 is 0 Å². The van der Waals surface area contributed by atoms with Crippen molar-refractivity contribution in [3.63, 3.8) is 0 Å². The highest BCUT2D eigenvalue weighted by Gasteiger charge is 2.07. The molecule has 0 aliphatic rings. The molecule has 3 aromatic rings. The summed E-state index contributed by atoms with van der Waals surface area (Å²) < 4.78 is 24.1. The molecule has 0 aliphatic carbocycles. The van der Waals surface area contributed by atoms with Gasteiger partial charge in [0.15, 0.2) is 11.5 Å². The maximum Gasteiger partial charge on any atom is 0.271 e. The van der Waals surface area contributed by atoms with E-state index in [0.29, 0.717) is 28.2 Å². The number of nitrogens with zero attached hydrogens (tertiary/aromatic N) is 2. The molecule has 1 amide bonds. The Hall–Kier alpha value is -4.18. The number of carbonyl (C=O) groups is 1. The van der Waals surface area contributed by atoms with Crippen molar-refractivity contribution in [3.8, 4) is 17.6 Å². The minimum absolute atomic E-state index is 0.269. The fourth-order valence-electron chi connectivity index (χ4n) is 2.55. The van der Waals surface area contributed by atoms with E-state index in [4.69, 9.17) is 14.7 Å². The van der Waals surface area contributed by atoms with E-state index in [0.717, 1.165) is 5.56 Å². The van der Waals surface area contributed by atoms with Crippen molar-refractivity contribution in [3.05, 3.63) is 94.8 Å². The lowest BCUT2D eigenvalue weighted by Gasteiger charge is -2.11. The van der Waals surface area contributed by atoms with Gasteiger partial charge in [0.25, 0.3) is 5.91 Å². The Kier molecular flexibility index (Phi) is 6.74. The van der Waals surface area contributed by atoms with Gasteiger partial charge < -0.3 is 9.47 Å². The number of nitriles is 1. The van der Waals surface area contributed by atoms with Crippen LogP contribution in [0.1, 0.15) is 27.0 Å². The van der Waals surface area contributed by atoms with E-state index in [2.05, 4.69) is 10.5 Å². The van der Waals surface area contributed by atoms with Gasteiger partial charge in [0.2, 0.25) is 0 Å². The second-order valence-electron chi connectivity index (χ2n) is 6.21. The van der Waals surface area contributed by atoms with Gasteiger partial charge in [-0.25, -0.2) is 9.82 Å². The van der Waals surface area contributed by atoms with Crippen LogP contribution in [0.4, 0.5) is 4.39 Å². The van der Waals surface area contributed by atoms with Gasteiger partial charge in [-0.3, -0.25) is 4.79 Å². The number of halogens is 1. The van der Waals surface area contributed by atoms with E-state index < -0.39 is 0 Å². The van der Waals surface area contributed by atoms with Gasteiger partial charge in [-0.15, -0.1) is 0 Å². The first kappa shape index (κ1) is 20.6. The van der Waals surface area contributed by atoms with Crippen LogP contribution < -0.4 is 14.9 Å². The Balaban J connectivity index is 1.61. The first-order chi connectivity index (χ1) is 14.6. The topological polar surface area (TPSA) is 83.7 Å². The molecular formula is C23H18FN3O3. The summed E-state index contributed by atoms with van der Waals surface area (Å²) in [6.07, 6.45) is 1.48. The molecule has 1 N–H and O–H groups in total. The molecule has 0 aromatic heterocycles. The van der Waals surface area contributed by atoms with Crippen LogP contribution in [0.15, 0.2) is 71.8 Å². The summed E-state index contributed by atoms with van der Waals surface area (Å²) in [6, 6.07) is 19.5. The van der Waals surface area contributed by atoms with Crippen molar-refractivity contribution in [2.24, 2.45) is 5.10 Å². The number of amides is 1. The van der Waals surface area contributed by atoms with Crippen LogP contribution in [-0.2, 0) is 6.61 Å². The number of methoxy groups -OCH3 is 1. The van der Waals surface area contributed by atoms with Crippen LogP contribution in [0.2, 0.25) is 0 Å². The van der Waals surface area contributed by atoms with Crippen LogP contribution in [0, 0.1) is 17.1 Å². The van der Waals surface area contributed by atoms with Crippen molar-refractivity contribution in [2.75, 3.05) is 7.11 Å². The van der Waals surface area contributed by atoms with E-state index in [9.17, 15) is 9.18 Å². The lowest BCUT2D eigenvalue weighted by Crippen LogP contribution is -2.17. The number of hydrogen-bond acceptors (Lipinski definition) is 5. The summed E-state index contributed by atoms with van der Waals surface area (Å²) in [4.78, 5) is 12.1. The van der Waals surface area contributed by atoms with E-state index in [-0.39, 0.29) is 18.3 Å². The van der Waals surface area contributed by atoms with Crippen LogP contribution in [0.3, 0.4) is 0 Å². The van der Waals surface area contributed by atoms with Crippen molar-refractivity contribution in [1.82, 2.24) is 5.43 Å². The molecule has 3 aromatic carbocycles. The molecule has 0 spiro atoms. The molecule has 0 bridgehead atoms. The third kappa shape index (κ3) is 5.42. The van der Waals surface area contributed by atoms with Gasteiger partial charge in [0, 0.05) is 5.56 Å². The second kappa shape index (κ2) is 9.85. The quantitative estimate of drug-likeness (QED) is 0.477. The fourth-order valence-corrected chi connectivity index (χ4v) is 2.55. The molecule has 0 aliphatic heterocycles. The van der Waals surface area contributed by atoms with Gasteiger partial charge in [0.1, 0.15) is 12.4 Å². The minimum atomic E-state index is -0.387. The number of hydrogen-bond donors (Lipinski definition) is 1. The van der Waals surface area contributed by atoms with Gasteiger partial charge in [-0.1, -0.05) is 12.1 Å². The van der Waals surface area contributed by atoms with Gasteiger partial charge in [-0.05, 0) is 65.7 Å². The smallest absolute Gasteiger partial charge is 0.271 e. The maximum atomic E-state index is 13.0. The predicted octanol–water partition coefficient (Wildman–Crippen LogP) is 4.05. The van der Waals surface area contributed by atoms with Crippen LogP contribution >= 0.6 is 0 Å². The Bertz CT molecular complexity index is 1090. The first-order valence-electron chi connectivity index (χ1n) is 8.98. The Morgan fingerprint density at radius 2 is 1.83 bits per heavy atom. The zero-order chi connectivity index (χ0) is 21.3. The second-order valence-corrected chi connectivity index (χ2v) is 6.21. The first-order valence-corrected chi connectivity index (χ1v) is 8.98. The van der Waals surface area contributed by atoms with Gasteiger partial charge >= 0.3 is 0 Å². The molecule has 3 rings (SSSR count). The predicted molar refractivity (Wildman–Crippen MR) is 110 cm³/mol. The molecule has 0 saturated carbocycles. The Morgan fingerprint density at radius 3 is 2.50 bits per heavy atom. The maximum absolute atomic E-state index is 13.0. The standard InChI is InChI=1S/C23H18FN3O3/c1-29-22-12-18(6-11-21(22)30-15-17-4-9-20(24)10-5-17)14-26-27-23(28)19-7-2-16(13-25)3-8-19/h2-12,14H,15H2,1H3,(H,27,28)/b26-14-. The SMILES string of the molecule is COc1cc(/C=N\NC(=O)c2ccc(C#N)cc2)ccc1OCc1ccc(F)cc1. The van der Waals surface area contributed by atoms with Crippen molar-refractivity contribution >= 4 is 12.1 Å². The van der Waals surface area contributed by atoms with E-state index in [1.54, 1.807) is 54.6 Å². The highest BCUT2D eigenvalue weighted by molar-refractivity contribution is 5.95. The van der Waals surface area contributed by atoms with Crippen molar-refractivity contribution in [2.45, 2.75) is 6.61 Å². The van der Waals surface area contributed by atoms with E-state index in [1.807, 2.05) is 6.07 Å². The van der Waals surface area contributed by atoms with Crippen molar-refractivity contribution < 1.29 is 18.7 Å². The molecular weight excluding hydrogens is 385 g/mol. The molecule has 150 valence electrons. The summed E-state index contributed by atoms with van der Waals surface area (Å²) in [5.74, 6) is 0.341. The number of nitrogens with one attached hydrogen (secondary N) is 1. The number of ether oxygens (including phenoxy) is 2. The average Bonchev–Trinajstić information content (AvgIpc) is 2.79. The van der Waals surface area contributed by atoms with E-state index in [1.165, 1.54) is 25.5 Å². The lowest BCUT2D eigenvalue weighted by molar-refractivity contribution is 0.0955. The fraction of sp³-hybridized carbons (Fsp3) is 0.0870. The van der Waals surface area contributed by atoms with Gasteiger partial charge in [0.05, 0.1) is 25.0 Å². The van der Waals surface area contributed by atoms with Gasteiger partial charge in [-0.2, -0.15) is 10.4 Å². The van der Waals surface area contributed by atoms with Crippen LogP contribution in [-0.4, -0.2) is 19.2 Å². The monoisotopic (exact) mass is 403 g/mol. The average molecular weight is 403 g/mol. The highest BCUT2D eigenvalue weighted by atomic mass is 19.1.